The molecule has 7 heteroatoms. The van der Waals surface area contributed by atoms with Crippen molar-refractivity contribution in [3.63, 3.8) is 0 Å². The van der Waals surface area contributed by atoms with E-state index in [0.717, 1.165) is 29.8 Å². The van der Waals surface area contributed by atoms with Crippen LogP contribution in [-0.2, 0) is 26.1 Å². The molecule has 0 radical (unpaired) electrons. The van der Waals surface area contributed by atoms with E-state index in [0.29, 0.717) is 24.9 Å². The number of hydrogen-bond acceptors (Lipinski definition) is 5. The van der Waals surface area contributed by atoms with E-state index in [4.69, 9.17) is 4.52 Å². The Hall–Kier alpha value is -2.70. The van der Waals surface area contributed by atoms with Gasteiger partial charge in [0.05, 0.1) is 25.0 Å². The Morgan fingerprint density at radius 1 is 1.22 bits per heavy atom. The molecule has 6 nitrogen and oxygen atoms in total. The molecule has 1 aliphatic rings. The average molecular weight is 313 g/mol. The maximum Gasteiger partial charge on any atom is 0.266 e. The lowest BCUT2D eigenvalue weighted by molar-refractivity contribution is 0.381. The molecule has 3 aromatic rings. The Morgan fingerprint density at radius 2 is 2.04 bits per heavy atom. The molecule has 1 aliphatic heterocycles. The summed E-state index contributed by atoms with van der Waals surface area (Å²) in [4.78, 5) is 6.44. The summed E-state index contributed by atoms with van der Waals surface area (Å²) >= 11 is 0. The van der Waals surface area contributed by atoms with E-state index in [1.165, 1.54) is 12.1 Å². The van der Waals surface area contributed by atoms with Gasteiger partial charge in [-0.05, 0) is 22.9 Å². The molecule has 0 saturated carbocycles. The van der Waals surface area contributed by atoms with Crippen LogP contribution in [-0.4, -0.2) is 19.9 Å². The Kier molecular flexibility index (Phi) is 3.33. The molecular weight excluding hydrogens is 297 g/mol. The SMILES string of the molecule is CCc1nc(N2Cc3cnn(Cc4ccc(F)cc4)c3C2)no1. The van der Waals surface area contributed by atoms with Crippen molar-refractivity contribution < 1.29 is 8.91 Å². The third-order valence-electron chi connectivity index (χ3n) is 4.03. The highest BCUT2D eigenvalue weighted by atomic mass is 19.1. The highest BCUT2D eigenvalue weighted by Crippen LogP contribution is 2.26. The molecule has 0 spiro atoms. The molecule has 4 rings (SSSR count). The van der Waals surface area contributed by atoms with Gasteiger partial charge in [-0.15, -0.1) is 0 Å². The van der Waals surface area contributed by atoms with E-state index in [9.17, 15) is 4.39 Å². The summed E-state index contributed by atoms with van der Waals surface area (Å²) in [5.74, 6) is 1.03. The first-order chi connectivity index (χ1) is 11.2. The minimum atomic E-state index is -0.227. The van der Waals surface area contributed by atoms with Crippen LogP contribution in [0, 0.1) is 5.82 Å². The zero-order valence-corrected chi connectivity index (χ0v) is 12.7. The third kappa shape index (κ3) is 2.58. The van der Waals surface area contributed by atoms with Crippen LogP contribution < -0.4 is 4.90 Å². The minimum Gasteiger partial charge on any atom is -0.337 e. The van der Waals surface area contributed by atoms with E-state index < -0.39 is 0 Å². The highest BCUT2D eigenvalue weighted by molar-refractivity contribution is 5.39. The lowest BCUT2D eigenvalue weighted by Gasteiger charge is -2.12. The quantitative estimate of drug-likeness (QED) is 0.741. The zero-order chi connectivity index (χ0) is 15.8. The van der Waals surface area contributed by atoms with Crippen molar-refractivity contribution in [2.45, 2.75) is 33.0 Å². The van der Waals surface area contributed by atoms with Gasteiger partial charge >= 0.3 is 0 Å². The summed E-state index contributed by atoms with van der Waals surface area (Å²) in [5.41, 5.74) is 3.32. The van der Waals surface area contributed by atoms with Gasteiger partial charge in [0.2, 0.25) is 5.89 Å². The van der Waals surface area contributed by atoms with Crippen LogP contribution in [0.1, 0.15) is 29.6 Å². The van der Waals surface area contributed by atoms with Crippen molar-refractivity contribution in [3.8, 4) is 0 Å². The molecule has 0 bridgehead atoms. The number of halogens is 1. The molecule has 0 N–H and O–H groups in total. The maximum atomic E-state index is 13.0. The Morgan fingerprint density at radius 3 is 2.78 bits per heavy atom. The summed E-state index contributed by atoms with van der Waals surface area (Å²) in [7, 11) is 0. The van der Waals surface area contributed by atoms with E-state index in [1.807, 2.05) is 17.8 Å². The second kappa shape index (κ2) is 5.49. The predicted octanol–water partition coefficient (Wildman–Crippen LogP) is 2.54. The highest BCUT2D eigenvalue weighted by Gasteiger charge is 2.26. The van der Waals surface area contributed by atoms with Gasteiger partial charge in [-0.25, -0.2) is 4.39 Å². The number of anilines is 1. The Balaban J connectivity index is 1.53. The third-order valence-corrected chi connectivity index (χ3v) is 4.03. The smallest absolute Gasteiger partial charge is 0.266 e. The van der Waals surface area contributed by atoms with Crippen molar-refractivity contribution in [2.75, 3.05) is 4.90 Å². The van der Waals surface area contributed by atoms with Crippen molar-refractivity contribution in [1.29, 1.82) is 0 Å². The van der Waals surface area contributed by atoms with Crippen LogP contribution in [0.15, 0.2) is 35.0 Å². The summed E-state index contributed by atoms with van der Waals surface area (Å²) in [6.45, 7) is 4.02. The molecule has 118 valence electrons. The fourth-order valence-corrected chi connectivity index (χ4v) is 2.77. The summed E-state index contributed by atoms with van der Waals surface area (Å²) in [6, 6.07) is 6.50. The molecule has 1 aromatic carbocycles. The number of hydrogen-bond donors (Lipinski definition) is 0. The molecule has 23 heavy (non-hydrogen) atoms. The van der Waals surface area contributed by atoms with Crippen molar-refractivity contribution in [1.82, 2.24) is 19.9 Å². The molecule has 0 unspecified atom stereocenters. The molecule has 0 saturated heterocycles. The fraction of sp³-hybridized carbons (Fsp3) is 0.312. The first kappa shape index (κ1) is 13.9. The minimum absolute atomic E-state index is 0.227. The van der Waals surface area contributed by atoms with Gasteiger partial charge in [-0.2, -0.15) is 10.1 Å². The van der Waals surface area contributed by atoms with Crippen LogP contribution in [0.4, 0.5) is 10.3 Å². The first-order valence-corrected chi connectivity index (χ1v) is 7.58. The van der Waals surface area contributed by atoms with Gasteiger partial charge in [0, 0.05) is 18.5 Å². The van der Waals surface area contributed by atoms with Crippen molar-refractivity contribution >= 4 is 5.95 Å². The predicted molar refractivity (Wildman–Crippen MR) is 81.3 cm³/mol. The topological polar surface area (TPSA) is 60.0 Å². The van der Waals surface area contributed by atoms with E-state index >= 15 is 0 Å². The summed E-state index contributed by atoms with van der Waals surface area (Å²) in [6.07, 6.45) is 2.60. The normalized spacial score (nSPS) is 13.6. The van der Waals surface area contributed by atoms with Crippen molar-refractivity contribution in [2.24, 2.45) is 0 Å². The standard InChI is InChI=1S/C16H16FN5O/c1-2-15-19-16(20-23-15)21-9-12-7-18-22(14(12)10-21)8-11-3-5-13(17)6-4-11/h3-7H,2,8-10H2,1H3. The van der Waals surface area contributed by atoms with Crippen LogP contribution in [0.3, 0.4) is 0 Å². The van der Waals surface area contributed by atoms with Crippen LogP contribution in [0.25, 0.3) is 0 Å². The maximum absolute atomic E-state index is 13.0. The van der Waals surface area contributed by atoms with E-state index in [1.54, 1.807) is 12.1 Å². The molecule has 2 aromatic heterocycles. The summed E-state index contributed by atoms with van der Waals surface area (Å²) < 4.78 is 20.1. The number of fused-ring (bicyclic) bond motifs is 1. The average Bonchev–Trinajstić information content (AvgIpc) is 3.25. The second-order valence-corrected chi connectivity index (χ2v) is 5.60. The van der Waals surface area contributed by atoms with E-state index in [-0.39, 0.29) is 5.82 Å². The van der Waals surface area contributed by atoms with Crippen LogP contribution >= 0.6 is 0 Å². The molecular formula is C16H16FN5O. The number of rotatable bonds is 4. The first-order valence-electron chi connectivity index (χ1n) is 7.58. The summed E-state index contributed by atoms with van der Waals surface area (Å²) in [5, 5.41) is 8.46. The number of nitrogens with zero attached hydrogens (tertiary/aromatic N) is 5. The molecule has 3 heterocycles. The van der Waals surface area contributed by atoms with Gasteiger partial charge in [0.25, 0.3) is 5.95 Å². The van der Waals surface area contributed by atoms with Gasteiger partial charge in [-0.1, -0.05) is 19.1 Å². The molecule has 0 aliphatic carbocycles. The molecule has 0 atom stereocenters. The number of benzene rings is 1. The Bertz CT molecular complexity index is 823. The zero-order valence-electron chi connectivity index (χ0n) is 12.7. The largest absolute Gasteiger partial charge is 0.337 e. The number of aromatic nitrogens is 4. The fourth-order valence-electron chi connectivity index (χ4n) is 2.77. The monoisotopic (exact) mass is 313 g/mol. The van der Waals surface area contributed by atoms with E-state index in [2.05, 4.69) is 20.1 Å². The lowest BCUT2D eigenvalue weighted by atomic mass is 10.2. The Labute approximate surface area is 132 Å². The second-order valence-electron chi connectivity index (χ2n) is 5.60. The van der Waals surface area contributed by atoms with Crippen LogP contribution in [0.2, 0.25) is 0 Å². The molecule has 0 fully saturated rings. The van der Waals surface area contributed by atoms with Crippen LogP contribution in [0.5, 0.6) is 0 Å². The van der Waals surface area contributed by atoms with Crippen molar-refractivity contribution in [3.05, 3.63) is 59.0 Å². The molecule has 0 amide bonds. The number of aryl methyl sites for hydroxylation is 1. The van der Waals surface area contributed by atoms with Gasteiger partial charge in [0.1, 0.15) is 5.82 Å². The lowest BCUT2D eigenvalue weighted by Crippen LogP contribution is -2.18. The van der Waals surface area contributed by atoms with Gasteiger partial charge in [0.15, 0.2) is 0 Å². The van der Waals surface area contributed by atoms with Gasteiger partial charge < -0.3 is 9.42 Å². The van der Waals surface area contributed by atoms with Gasteiger partial charge in [-0.3, -0.25) is 4.68 Å².